The molecular weight excluding hydrogens is 216 g/mol. The highest BCUT2D eigenvalue weighted by molar-refractivity contribution is 5.73. The summed E-state index contributed by atoms with van der Waals surface area (Å²) in [5, 5.41) is 2.46. The van der Waals surface area contributed by atoms with Crippen molar-refractivity contribution in [3.8, 4) is 0 Å². The van der Waals surface area contributed by atoms with Gasteiger partial charge in [-0.05, 0) is 26.2 Å². The number of hydrogen-bond donors (Lipinski definition) is 1. The van der Waals surface area contributed by atoms with Gasteiger partial charge in [0.05, 0.1) is 0 Å². The third kappa shape index (κ3) is 4.04. The lowest BCUT2D eigenvalue weighted by Gasteiger charge is -2.31. The summed E-state index contributed by atoms with van der Waals surface area (Å²) < 4.78 is 32.6. The average molecular weight is 235 g/mol. The quantitative estimate of drug-likeness (QED) is 0.810. The van der Waals surface area contributed by atoms with Crippen LogP contribution in [0.1, 0.15) is 39.5 Å². The number of amides is 1. The first-order chi connectivity index (χ1) is 7.42. The van der Waals surface area contributed by atoms with Crippen LogP contribution in [0.15, 0.2) is 0 Å². The third-order valence-electron chi connectivity index (χ3n) is 2.68. The van der Waals surface area contributed by atoms with Crippen LogP contribution >= 0.6 is 0 Å². The zero-order valence-corrected chi connectivity index (χ0v) is 9.76. The van der Waals surface area contributed by atoms with Crippen molar-refractivity contribution >= 4 is 5.91 Å². The van der Waals surface area contributed by atoms with Crippen molar-refractivity contribution in [1.29, 1.82) is 0 Å². The molecule has 16 heavy (non-hydrogen) atoms. The molecule has 1 fully saturated rings. The highest BCUT2D eigenvalue weighted by atomic mass is 19.3. The van der Waals surface area contributed by atoms with Crippen LogP contribution in [0.3, 0.4) is 0 Å². The Bertz CT molecular complexity index is 240. The molecule has 0 radical (unpaired) electrons. The minimum Gasteiger partial charge on any atom is -0.372 e. The molecule has 2 atom stereocenters. The van der Waals surface area contributed by atoms with Crippen molar-refractivity contribution in [3.05, 3.63) is 0 Å². The number of nitrogens with one attached hydrogen (secondary N) is 1. The number of halogens is 2. The smallest absolute Gasteiger partial charge is 0.275 e. The van der Waals surface area contributed by atoms with Crippen LogP contribution in [0, 0.1) is 0 Å². The summed E-state index contributed by atoms with van der Waals surface area (Å²) in [7, 11) is 0. The molecule has 0 unspecified atom stereocenters. The summed E-state index contributed by atoms with van der Waals surface area (Å²) >= 11 is 0. The van der Waals surface area contributed by atoms with E-state index in [0.717, 1.165) is 12.8 Å². The van der Waals surface area contributed by atoms with Crippen molar-refractivity contribution in [2.24, 2.45) is 0 Å². The number of rotatable bonds is 4. The predicted octanol–water partition coefficient (Wildman–Crippen LogP) is 2.11. The van der Waals surface area contributed by atoms with Crippen LogP contribution in [0.4, 0.5) is 8.78 Å². The van der Waals surface area contributed by atoms with Crippen LogP contribution in [-0.4, -0.2) is 30.6 Å². The number of ether oxygens (including phenoxy) is 1. The fourth-order valence-electron chi connectivity index (χ4n) is 2.01. The monoisotopic (exact) mass is 235 g/mol. The maximum atomic E-state index is 13.7. The molecule has 0 aromatic carbocycles. The van der Waals surface area contributed by atoms with Gasteiger partial charge in [0.2, 0.25) is 5.91 Å². The van der Waals surface area contributed by atoms with Crippen molar-refractivity contribution in [3.63, 3.8) is 0 Å². The van der Waals surface area contributed by atoms with E-state index in [2.05, 4.69) is 5.32 Å². The zero-order valence-electron chi connectivity index (χ0n) is 9.76. The zero-order chi connectivity index (χ0) is 12.2. The number of carbonyl (C=O) groups is 1. The van der Waals surface area contributed by atoms with Crippen molar-refractivity contribution < 1.29 is 18.3 Å². The van der Waals surface area contributed by atoms with E-state index in [1.165, 1.54) is 6.92 Å². The molecule has 1 heterocycles. The fraction of sp³-hybridized carbons (Fsp3) is 0.909. The fourth-order valence-corrected chi connectivity index (χ4v) is 2.01. The van der Waals surface area contributed by atoms with E-state index < -0.39 is 18.1 Å². The minimum atomic E-state index is -2.86. The standard InChI is InChI=1S/C11H19F2NO2/c1-8(14-9(2)15)7-11(12,13)10-5-3-4-6-16-10/h8,10H,3-7H2,1-2H3,(H,14,15)/t8-,10-/m0/s1. The van der Waals surface area contributed by atoms with E-state index >= 15 is 0 Å². The molecule has 0 aromatic rings. The van der Waals surface area contributed by atoms with Crippen LogP contribution in [0.5, 0.6) is 0 Å². The first-order valence-electron chi connectivity index (χ1n) is 5.68. The largest absolute Gasteiger partial charge is 0.372 e. The predicted molar refractivity (Wildman–Crippen MR) is 56.4 cm³/mol. The van der Waals surface area contributed by atoms with Crippen LogP contribution in [0.2, 0.25) is 0 Å². The molecule has 1 amide bonds. The molecule has 3 nitrogen and oxygen atoms in total. The van der Waals surface area contributed by atoms with Crippen LogP contribution in [0.25, 0.3) is 0 Å². The average Bonchev–Trinajstić information content (AvgIpc) is 2.16. The topological polar surface area (TPSA) is 38.3 Å². The molecule has 0 spiro atoms. The van der Waals surface area contributed by atoms with Crippen LogP contribution < -0.4 is 5.32 Å². The Morgan fingerprint density at radius 2 is 2.25 bits per heavy atom. The van der Waals surface area contributed by atoms with E-state index in [9.17, 15) is 13.6 Å². The first kappa shape index (κ1) is 13.4. The normalized spacial score (nSPS) is 23.9. The summed E-state index contributed by atoms with van der Waals surface area (Å²) in [6.45, 7) is 3.32. The minimum absolute atomic E-state index is 0.284. The SMILES string of the molecule is CC(=O)N[C@@H](C)CC(F)(F)[C@@H]1CCCCO1. The van der Waals surface area contributed by atoms with Gasteiger partial charge in [-0.3, -0.25) is 4.79 Å². The van der Waals surface area contributed by atoms with E-state index in [-0.39, 0.29) is 12.3 Å². The summed E-state index contributed by atoms with van der Waals surface area (Å²) in [4.78, 5) is 10.7. The first-order valence-corrected chi connectivity index (χ1v) is 5.68. The second-order valence-electron chi connectivity index (χ2n) is 4.42. The van der Waals surface area contributed by atoms with Crippen molar-refractivity contribution in [1.82, 2.24) is 5.32 Å². The summed E-state index contributed by atoms with van der Waals surface area (Å²) in [6.07, 6.45) is 0.692. The maximum Gasteiger partial charge on any atom is 0.275 e. The summed E-state index contributed by atoms with van der Waals surface area (Å²) in [5.74, 6) is -3.14. The molecule has 1 aliphatic heterocycles. The third-order valence-corrected chi connectivity index (χ3v) is 2.68. The molecular formula is C11H19F2NO2. The highest BCUT2D eigenvalue weighted by Gasteiger charge is 2.42. The molecule has 1 rings (SSSR count). The van der Waals surface area contributed by atoms with Gasteiger partial charge >= 0.3 is 0 Å². The van der Waals surface area contributed by atoms with Gasteiger partial charge in [-0.25, -0.2) is 8.78 Å². The Labute approximate surface area is 94.5 Å². The second-order valence-corrected chi connectivity index (χ2v) is 4.42. The van der Waals surface area contributed by atoms with E-state index in [1.807, 2.05) is 0 Å². The second kappa shape index (κ2) is 5.57. The molecule has 0 aromatic heterocycles. The Morgan fingerprint density at radius 1 is 1.56 bits per heavy atom. The van der Waals surface area contributed by atoms with Gasteiger partial charge in [-0.15, -0.1) is 0 Å². The van der Waals surface area contributed by atoms with Gasteiger partial charge in [0.15, 0.2) is 0 Å². The van der Waals surface area contributed by atoms with Gasteiger partial charge in [-0.1, -0.05) is 0 Å². The lowest BCUT2D eigenvalue weighted by atomic mass is 9.98. The van der Waals surface area contributed by atoms with E-state index in [1.54, 1.807) is 6.92 Å². The molecule has 5 heteroatoms. The molecule has 0 saturated carbocycles. The Balaban J connectivity index is 2.45. The van der Waals surface area contributed by atoms with Gasteiger partial charge in [-0.2, -0.15) is 0 Å². The van der Waals surface area contributed by atoms with E-state index in [4.69, 9.17) is 4.74 Å². The van der Waals surface area contributed by atoms with Crippen molar-refractivity contribution in [2.45, 2.75) is 57.6 Å². The number of alkyl halides is 2. The van der Waals surface area contributed by atoms with Crippen LogP contribution in [-0.2, 0) is 9.53 Å². The molecule has 1 saturated heterocycles. The summed E-state index contributed by atoms with van der Waals surface area (Å²) in [6, 6.07) is -0.530. The van der Waals surface area contributed by atoms with Gasteiger partial charge in [0.25, 0.3) is 5.92 Å². The molecule has 0 bridgehead atoms. The lowest BCUT2D eigenvalue weighted by molar-refractivity contribution is -0.159. The van der Waals surface area contributed by atoms with Gasteiger partial charge in [0.1, 0.15) is 6.10 Å². The molecule has 1 aliphatic rings. The van der Waals surface area contributed by atoms with E-state index in [0.29, 0.717) is 13.0 Å². The lowest BCUT2D eigenvalue weighted by Crippen LogP contribution is -2.44. The van der Waals surface area contributed by atoms with Gasteiger partial charge in [0, 0.05) is 26.0 Å². The van der Waals surface area contributed by atoms with Gasteiger partial charge < -0.3 is 10.1 Å². The summed E-state index contributed by atoms with van der Waals surface area (Å²) in [5.41, 5.74) is 0. The number of hydrogen-bond acceptors (Lipinski definition) is 2. The Kier molecular flexibility index (Phi) is 4.65. The molecule has 94 valence electrons. The molecule has 1 N–H and O–H groups in total. The Hall–Kier alpha value is -0.710. The molecule has 0 aliphatic carbocycles. The Morgan fingerprint density at radius 3 is 2.75 bits per heavy atom. The highest BCUT2D eigenvalue weighted by Crippen LogP contribution is 2.32. The number of carbonyl (C=O) groups excluding carboxylic acids is 1. The van der Waals surface area contributed by atoms with Crippen molar-refractivity contribution in [2.75, 3.05) is 6.61 Å². The maximum absolute atomic E-state index is 13.7.